The van der Waals surface area contributed by atoms with E-state index < -0.39 is 0 Å². The van der Waals surface area contributed by atoms with Gasteiger partial charge in [-0.15, -0.1) is 0 Å². The average molecular weight is 296 g/mol. The highest BCUT2D eigenvalue weighted by molar-refractivity contribution is 7.22. The van der Waals surface area contributed by atoms with Crippen LogP contribution in [0.25, 0.3) is 10.2 Å². The number of benzene rings is 1. The monoisotopic (exact) mass is 295 g/mol. The van der Waals surface area contributed by atoms with E-state index >= 15 is 0 Å². The summed E-state index contributed by atoms with van der Waals surface area (Å²) >= 11 is 7.65. The lowest BCUT2D eigenvalue weighted by Gasteiger charge is -2.14. The summed E-state index contributed by atoms with van der Waals surface area (Å²) in [5.41, 5.74) is 0.804. The van der Waals surface area contributed by atoms with E-state index in [0.717, 1.165) is 28.2 Å². The second kappa shape index (κ2) is 4.98. The molecule has 1 N–H and O–H groups in total. The summed E-state index contributed by atoms with van der Waals surface area (Å²) in [5, 5.41) is 4.43. The zero-order valence-electron chi connectivity index (χ0n) is 10.5. The number of aromatic nitrogens is 1. The lowest BCUT2D eigenvalue weighted by atomic mass is 10.3. The molecule has 1 heterocycles. The average Bonchev–Trinajstić information content (AvgIpc) is 3.05. The van der Waals surface area contributed by atoms with E-state index in [1.807, 2.05) is 30.1 Å². The molecular weight excluding hydrogens is 282 g/mol. The fourth-order valence-electron chi connectivity index (χ4n) is 1.85. The molecule has 1 amide bonds. The summed E-state index contributed by atoms with van der Waals surface area (Å²) < 4.78 is 1.04. The smallest absolute Gasteiger partial charge is 0.239 e. The van der Waals surface area contributed by atoms with Crippen molar-refractivity contribution in [2.75, 3.05) is 18.5 Å². The quantitative estimate of drug-likeness (QED) is 0.943. The number of fused-ring (bicyclic) bond motifs is 1. The second-order valence-corrected chi connectivity index (χ2v) is 6.20. The Morgan fingerprint density at radius 3 is 3.05 bits per heavy atom. The van der Waals surface area contributed by atoms with E-state index in [1.165, 1.54) is 0 Å². The first-order chi connectivity index (χ1) is 9.13. The number of hydrogen-bond acceptors (Lipinski definition) is 4. The van der Waals surface area contributed by atoms with Crippen molar-refractivity contribution < 1.29 is 4.79 Å². The third kappa shape index (κ3) is 2.82. The number of halogens is 1. The largest absolute Gasteiger partial charge is 0.352 e. The van der Waals surface area contributed by atoms with E-state index in [0.29, 0.717) is 17.6 Å². The van der Waals surface area contributed by atoms with Gasteiger partial charge in [-0.3, -0.25) is 4.79 Å². The molecule has 1 aliphatic rings. The maximum atomic E-state index is 11.8. The van der Waals surface area contributed by atoms with Crippen molar-refractivity contribution in [3.05, 3.63) is 23.2 Å². The van der Waals surface area contributed by atoms with Gasteiger partial charge in [-0.05, 0) is 25.0 Å². The van der Waals surface area contributed by atoms with Crippen LogP contribution in [0, 0.1) is 0 Å². The summed E-state index contributed by atoms with van der Waals surface area (Å²) in [6, 6.07) is 6.12. The topological polar surface area (TPSA) is 45.2 Å². The summed E-state index contributed by atoms with van der Waals surface area (Å²) in [6.45, 7) is 0.327. The normalized spacial score (nSPS) is 14.6. The van der Waals surface area contributed by atoms with Gasteiger partial charge < -0.3 is 10.2 Å². The van der Waals surface area contributed by atoms with Gasteiger partial charge in [0.05, 0.1) is 16.3 Å². The Labute approximate surface area is 120 Å². The van der Waals surface area contributed by atoms with Crippen molar-refractivity contribution in [1.29, 1.82) is 0 Å². The number of carbonyl (C=O) groups excluding carboxylic acids is 1. The highest BCUT2D eigenvalue weighted by Gasteiger charge is 2.24. The zero-order chi connectivity index (χ0) is 13.4. The van der Waals surface area contributed by atoms with Gasteiger partial charge in [0.25, 0.3) is 0 Å². The first-order valence-electron chi connectivity index (χ1n) is 6.19. The van der Waals surface area contributed by atoms with Gasteiger partial charge in [-0.25, -0.2) is 4.98 Å². The Balaban J connectivity index is 1.75. The van der Waals surface area contributed by atoms with Crippen molar-refractivity contribution in [1.82, 2.24) is 10.3 Å². The third-order valence-electron chi connectivity index (χ3n) is 3.01. The summed E-state index contributed by atoms with van der Waals surface area (Å²) in [6.07, 6.45) is 2.21. The van der Waals surface area contributed by atoms with Crippen LogP contribution in [0.15, 0.2) is 18.2 Å². The highest BCUT2D eigenvalue weighted by atomic mass is 35.5. The number of thiazole rings is 1. The maximum absolute atomic E-state index is 11.8. The molecule has 0 atom stereocenters. The molecule has 6 heteroatoms. The number of hydrogen-bond donors (Lipinski definition) is 1. The Hall–Kier alpha value is -1.33. The molecule has 1 aromatic carbocycles. The minimum Gasteiger partial charge on any atom is -0.352 e. The number of rotatable bonds is 4. The van der Waals surface area contributed by atoms with Gasteiger partial charge in [0.2, 0.25) is 5.91 Å². The SMILES string of the molecule is CN(CC(=O)NC1CC1)c1nc2c(Cl)cccc2s1. The Kier molecular flexibility index (Phi) is 3.33. The molecule has 0 radical (unpaired) electrons. The van der Waals surface area contributed by atoms with Crippen LogP contribution < -0.4 is 10.2 Å². The molecule has 0 aliphatic heterocycles. The standard InChI is InChI=1S/C13H14ClN3OS/c1-17(7-11(18)15-8-5-6-8)13-16-12-9(14)3-2-4-10(12)19-13/h2-4,8H,5-7H2,1H3,(H,15,18). The fourth-order valence-corrected chi connectivity index (χ4v) is 3.08. The summed E-state index contributed by atoms with van der Waals surface area (Å²) in [4.78, 5) is 18.1. The first-order valence-corrected chi connectivity index (χ1v) is 7.38. The highest BCUT2D eigenvalue weighted by Crippen LogP contribution is 2.32. The number of para-hydroxylation sites is 1. The number of carbonyl (C=O) groups is 1. The van der Waals surface area contributed by atoms with Gasteiger partial charge in [0.15, 0.2) is 5.13 Å². The van der Waals surface area contributed by atoms with Crippen LogP contribution in [0.3, 0.4) is 0 Å². The predicted molar refractivity (Wildman–Crippen MR) is 79.1 cm³/mol. The van der Waals surface area contributed by atoms with Gasteiger partial charge in [0, 0.05) is 13.1 Å². The molecule has 100 valence electrons. The number of anilines is 1. The molecular formula is C13H14ClN3OS. The maximum Gasteiger partial charge on any atom is 0.239 e. The van der Waals surface area contributed by atoms with Gasteiger partial charge in [-0.1, -0.05) is 29.0 Å². The van der Waals surface area contributed by atoms with Crippen molar-refractivity contribution in [3.63, 3.8) is 0 Å². The Bertz CT molecular complexity index is 623. The molecule has 0 spiro atoms. The summed E-state index contributed by atoms with van der Waals surface area (Å²) in [7, 11) is 1.87. The molecule has 0 bridgehead atoms. The predicted octanol–water partition coefficient (Wildman–Crippen LogP) is 2.66. The van der Waals surface area contributed by atoms with Crippen LogP contribution >= 0.6 is 22.9 Å². The van der Waals surface area contributed by atoms with E-state index in [2.05, 4.69) is 10.3 Å². The van der Waals surface area contributed by atoms with Crippen LogP contribution in [0.4, 0.5) is 5.13 Å². The lowest BCUT2D eigenvalue weighted by Crippen LogP contribution is -2.36. The summed E-state index contributed by atoms with van der Waals surface area (Å²) in [5.74, 6) is 0.0513. The number of amides is 1. The fraction of sp³-hybridized carbons (Fsp3) is 0.385. The molecule has 0 saturated heterocycles. The number of likely N-dealkylation sites (N-methyl/N-ethyl adjacent to an activating group) is 1. The van der Waals surface area contributed by atoms with E-state index in [-0.39, 0.29) is 5.91 Å². The van der Waals surface area contributed by atoms with Gasteiger partial charge >= 0.3 is 0 Å². The van der Waals surface area contributed by atoms with Gasteiger partial charge in [-0.2, -0.15) is 0 Å². The van der Waals surface area contributed by atoms with Crippen molar-refractivity contribution in [3.8, 4) is 0 Å². The van der Waals surface area contributed by atoms with E-state index in [9.17, 15) is 4.79 Å². The lowest BCUT2D eigenvalue weighted by molar-refractivity contribution is -0.119. The first kappa shape index (κ1) is 12.7. The van der Waals surface area contributed by atoms with Crippen molar-refractivity contribution >= 4 is 44.2 Å². The molecule has 2 aromatic rings. The van der Waals surface area contributed by atoms with Crippen molar-refractivity contribution in [2.45, 2.75) is 18.9 Å². The van der Waals surface area contributed by atoms with Crippen LogP contribution in [0.5, 0.6) is 0 Å². The third-order valence-corrected chi connectivity index (χ3v) is 4.45. The van der Waals surface area contributed by atoms with Gasteiger partial charge in [0.1, 0.15) is 5.52 Å². The molecule has 1 fully saturated rings. The Morgan fingerprint density at radius 1 is 1.58 bits per heavy atom. The van der Waals surface area contributed by atoms with E-state index in [1.54, 1.807) is 11.3 Å². The van der Waals surface area contributed by atoms with Crippen LogP contribution in [0.1, 0.15) is 12.8 Å². The van der Waals surface area contributed by atoms with Crippen LogP contribution in [-0.2, 0) is 4.79 Å². The second-order valence-electron chi connectivity index (χ2n) is 4.78. The zero-order valence-corrected chi connectivity index (χ0v) is 12.1. The minimum atomic E-state index is 0.0513. The van der Waals surface area contributed by atoms with Crippen molar-refractivity contribution in [2.24, 2.45) is 0 Å². The molecule has 1 saturated carbocycles. The molecule has 1 aliphatic carbocycles. The van der Waals surface area contributed by atoms with Crippen LogP contribution in [0.2, 0.25) is 5.02 Å². The Morgan fingerprint density at radius 2 is 2.37 bits per heavy atom. The van der Waals surface area contributed by atoms with E-state index in [4.69, 9.17) is 11.6 Å². The molecule has 1 aromatic heterocycles. The number of nitrogens with one attached hydrogen (secondary N) is 1. The number of nitrogens with zero attached hydrogens (tertiary/aromatic N) is 2. The molecule has 19 heavy (non-hydrogen) atoms. The minimum absolute atomic E-state index is 0.0513. The molecule has 0 unspecified atom stereocenters. The van der Waals surface area contributed by atoms with Crippen LogP contribution in [-0.4, -0.2) is 30.5 Å². The molecule has 3 rings (SSSR count). The molecule has 4 nitrogen and oxygen atoms in total.